The number of para-hydroxylation sites is 2. The van der Waals surface area contributed by atoms with Crippen molar-refractivity contribution in [3.8, 4) is 23.0 Å². The Balaban J connectivity index is 1.25. The third-order valence-electron chi connectivity index (χ3n) is 9.40. The Kier molecular flexibility index (Phi) is 5.26. The Morgan fingerprint density at radius 1 is 0.500 bits per heavy atom. The molecular weight excluding hydrogens is 565 g/mol. The topological polar surface area (TPSA) is 34.8 Å². The van der Waals surface area contributed by atoms with Crippen molar-refractivity contribution in [1.29, 1.82) is 0 Å². The van der Waals surface area contributed by atoms with Crippen LogP contribution in [-0.2, 0) is 0 Å². The summed E-state index contributed by atoms with van der Waals surface area (Å²) < 4.78 is 19.9. The molecule has 0 bridgehead atoms. The van der Waals surface area contributed by atoms with Crippen LogP contribution < -0.4 is 30.8 Å². The first kappa shape index (κ1) is 25.4. The first-order chi connectivity index (χ1) is 22.7. The average molecular weight is 591 g/mol. The van der Waals surface area contributed by atoms with Gasteiger partial charge in [-0.05, 0) is 77.8 Å². The van der Waals surface area contributed by atoms with Crippen molar-refractivity contribution < 1.29 is 13.9 Å². The SMILES string of the molecule is Cc1ccc2c(c1)B1c3cc4oc5cc(N(c6ccccc6)c6ccccc6)c6ccccc6c5c4cc3Oc3cccc(c31)O2. The van der Waals surface area contributed by atoms with Gasteiger partial charge in [-0.2, -0.15) is 0 Å². The van der Waals surface area contributed by atoms with Gasteiger partial charge in [0, 0.05) is 39.1 Å². The fourth-order valence-electron chi connectivity index (χ4n) is 7.43. The standard InChI is InChI=1S/C41H26BNO3/c1-25-19-20-34-31(21-25)42-32-23-37-30(22-38(32)45-36-18-10-17-35(44-34)41(36)42)40-29-16-9-8-15-28(29)33(24-39(40)46-37)43(26-11-4-2-5-12-26)27-13-6-3-7-14-27/h2-24H,1H3. The average Bonchev–Trinajstić information content (AvgIpc) is 3.46. The highest BCUT2D eigenvalue weighted by atomic mass is 16.5. The van der Waals surface area contributed by atoms with Gasteiger partial charge in [-0.3, -0.25) is 0 Å². The summed E-state index contributed by atoms with van der Waals surface area (Å²) >= 11 is 0. The van der Waals surface area contributed by atoms with E-state index in [0.29, 0.717) is 0 Å². The van der Waals surface area contributed by atoms with E-state index in [9.17, 15) is 0 Å². The van der Waals surface area contributed by atoms with Crippen molar-refractivity contribution in [2.24, 2.45) is 0 Å². The van der Waals surface area contributed by atoms with Gasteiger partial charge in [0.15, 0.2) is 0 Å². The van der Waals surface area contributed by atoms with E-state index in [1.807, 2.05) is 18.2 Å². The highest BCUT2D eigenvalue weighted by molar-refractivity contribution is 6.98. The van der Waals surface area contributed by atoms with Crippen LogP contribution in [0.2, 0.25) is 0 Å². The molecule has 2 aliphatic heterocycles. The Labute approximate surface area is 266 Å². The van der Waals surface area contributed by atoms with Crippen LogP contribution in [0.4, 0.5) is 17.1 Å². The fourth-order valence-corrected chi connectivity index (χ4v) is 7.43. The molecule has 5 heteroatoms. The first-order valence-corrected chi connectivity index (χ1v) is 15.6. The summed E-state index contributed by atoms with van der Waals surface area (Å²) in [6, 6.07) is 48.7. The highest BCUT2D eigenvalue weighted by Gasteiger charge is 2.40. The maximum Gasteiger partial charge on any atom is 0.260 e. The number of anilines is 3. The van der Waals surface area contributed by atoms with E-state index in [-0.39, 0.29) is 6.71 Å². The summed E-state index contributed by atoms with van der Waals surface area (Å²) in [6.07, 6.45) is 0. The summed E-state index contributed by atoms with van der Waals surface area (Å²) in [5, 5.41) is 4.41. The van der Waals surface area contributed by atoms with Gasteiger partial charge >= 0.3 is 0 Å². The predicted molar refractivity (Wildman–Crippen MR) is 188 cm³/mol. The lowest BCUT2D eigenvalue weighted by Gasteiger charge is -2.32. The van der Waals surface area contributed by atoms with Crippen LogP contribution in [0.5, 0.6) is 23.0 Å². The number of ether oxygens (including phenoxy) is 2. The molecule has 0 saturated carbocycles. The van der Waals surface area contributed by atoms with Gasteiger partial charge < -0.3 is 18.8 Å². The van der Waals surface area contributed by atoms with Gasteiger partial charge in [0.2, 0.25) is 0 Å². The summed E-state index contributed by atoms with van der Waals surface area (Å²) in [5.74, 6) is 3.41. The molecule has 8 aromatic rings. The van der Waals surface area contributed by atoms with Crippen LogP contribution in [0, 0.1) is 6.92 Å². The van der Waals surface area contributed by atoms with Gasteiger partial charge in [-0.15, -0.1) is 0 Å². The Hall–Kier alpha value is -5.94. The molecule has 10 rings (SSSR count). The van der Waals surface area contributed by atoms with Gasteiger partial charge in [0.25, 0.3) is 6.71 Å². The summed E-state index contributed by atoms with van der Waals surface area (Å²) in [4.78, 5) is 2.31. The monoisotopic (exact) mass is 591 g/mol. The van der Waals surface area contributed by atoms with Crippen LogP contribution in [0.15, 0.2) is 144 Å². The molecule has 7 aromatic carbocycles. The lowest BCUT2D eigenvalue weighted by Crippen LogP contribution is -2.57. The number of benzene rings is 7. The number of fused-ring (bicyclic) bond motifs is 9. The van der Waals surface area contributed by atoms with Gasteiger partial charge in [0.1, 0.15) is 34.2 Å². The zero-order chi connectivity index (χ0) is 30.4. The molecule has 0 unspecified atom stereocenters. The number of furan rings is 1. The van der Waals surface area contributed by atoms with Crippen molar-refractivity contribution in [1.82, 2.24) is 0 Å². The van der Waals surface area contributed by atoms with Gasteiger partial charge in [0.05, 0.1) is 5.69 Å². The number of aryl methyl sites for hydroxylation is 1. The zero-order valence-electron chi connectivity index (χ0n) is 25.0. The summed E-state index contributed by atoms with van der Waals surface area (Å²) in [7, 11) is 0. The number of nitrogens with zero attached hydrogens (tertiary/aromatic N) is 1. The number of hydrogen-bond donors (Lipinski definition) is 0. The van der Waals surface area contributed by atoms with E-state index in [4.69, 9.17) is 13.9 Å². The van der Waals surface area contributed by atoms with Crippen molar-refractivity contribution in [3.63, 3.8) is 0 Å². The molecule has 0 atom stereocenters. The van der Waals surface area contributed by atoms with Crippen LogP contribution in [0.1, 0.15) is 5.56 Å². The largest absolute Gasteiger partial charge is 0.458 e. The third kappa shape index (κ3) is 3.63. The minimum atomic E-state index is -0.0184. The summed E-state index contributed by atoms with van der Waals surface area (Å²) in [6.45, 7) is 2.11. The molecule has 0 aliphatic carbocycles. The number of rotatable bonds is 3. The lowest BCUT2D eigenvalue weighted by molar-refractivity contribution is 0.464. The fraction of sp³-hybridized carbons (Fsp3) is 0.0244. The zero-order valence-corrected chi connectivity index (χ0v) is 25.0. The van der Waals surface area contributed by atoms with Gasteiger partial charge in [-0.25, -0.2) is 0 Å². The molecule has 3 heterocycles. The van der Waals surface area contributed by atoms with Crippen molar-refractivity contribution in [2.45, 2.75) is 6.92 Å². The lowest BCUT2D eigenvalue weighted by atomic mass is 9.34. The Morgan fingerprint density at radius 2 is 1.15 bits per heavy atom. The van der Waals surface area contributed by atoms with Gasteiger partial charge in [-0.1, -0.05) is 84.4 Å². The van der Waals surface area contributed by atoms with Crippen LogP contribution in [-0.4, -0.2) is 6.71 Å². The molecule has 1 aromatic heterocycles. The molecule has 0 fully saturated rings. The van der Waals surface area contributed by atoms with E-state index in [1.165, 1.54) is 5.56 Å². The maximum absolute atomic E-state index is 6.82. The molecule has 0 N–H and O–H groups in total. The van der Waals surface area contributed by atoms with Crippen molar-refractivity contribution >= 4 is 72.9 Å². The molecule has 216 valence electrons. The Morgan fingerprint density at radius 3 is 1.89 bits per heavy atom. The van der Waals surface area contributed by atoms with Crippen molar-refractivity contribution in [3.05, 3.63) is 145 Å². The minimum Gasteiger partial charge on any atom is -0.458 e. The summed E-state index contributed by atoms with van der Waals surface area (Å²) in [5.41, 5.74) is 9.40. The molecular formula is C41H26BNO3. The highest BCUT2D eigenvalue weighted by Crippen LogP contribution is 2.45. The molecule has 0 amide bonds. The number of hydrogen-bond acceptors (Lipinski definition) is 4. The third-order valence-corrected chi connectivity index (χ3v) is 9.40. The minimum absolute atomic E-state index is 0.0184. The van der Waals surface area contributed by atoms with E-state index in [0.717, 1.165) is 89.2 Å². The second kappa shape index (κ2) is 9.53. The maximum atomic E-state index is 6.82. The van der Waals surface area contributed by atoms with E-state index in [1.54, 1.807) is 0 Å². The molecule has 2 aliphatic rings. The first-order valence-electron chi connectivity index (χ1n) is 15.6. The molecule has 0 saturated heterocycles. The van der Waals surface area contributed by atoms with E-state index < -0.39 is 0 Å². The molecule has 0 spiro atoms. The second-order valence-electron chi connectivity index (χ2n) is 12.2. The van der Waals surface area contributed by atoms with Crippen LogP contribution in [0.3, 0.4) is 0 Å². The van der Waals surface area contributed by atoms with Crippen LogP contribution in [0.25, 0.3) is 32.7 Å². The quantitative estimate of drug-likeness (QED) is 0.192. The molecule has 0 radical (unpaired) electrons. The Bertz CT molecular complexity index is 2470. The molecule has 4 nitrogen and oxygen atoms in total. The van der Waals surface area contributed by atoms with E-state index in [2.05, 4.69) is 133 Å². The van der Waals surface area contributed by atoms with E-state index >= 15 is 0 Å². The van der Waals surface area contributed by atoms with Crippen LogP contribution >= 0.6 is 0 Å². The second-order valence-corrected chi connectivity index (χ2v) is 12.2. The van der Waals surface area contributed by atoms with Crippen molar-refractivity contribution in [2.75, 3.05) is 4.90 Å². The smallest absolute Gasteiger partial charge is 0.260 e. The normalized spacial score (nSPS) is 12.8. The predicted octanol–water partition coefficient (Wildman–Crippen LogP) is 9.25. The molecule has 46 heavy (non-hydrogen) atoms.